The van der Waals surface area contributed by atoms with Crippen molar-refractivity contribution in [2.45, 2.75) is 18.0 Å². The molecule has 3 rings (SSSR count). The Bertz CT molecular complexity index is 864. The Hall–Kier alpha value is -1.68. The highest BCUT2D eigenvalue weighted by Gasteiger charge is 2.36. The minimum atomic E-state index is -4.60. The molecule has 0 saturated heterocycles. The summed E-state index contributed by atoms with van der Waals surface area (Å²) in [5.74, 6) is -0.502. The number of hydrogen-bond donors (Lipinski definition) is 0. The first-order valence-corrected chi connectivity index (χ1v) is 8.25. The summed E-state index contributed by atoms with van der Waals surface area (Å²) in [5.41, 5.74) is 1.04. The first-order chi connectivity index (χ1) is 10.9. The van der Waals surface area contributed by atoms with E-state index in [9.17, 15) is 13.2 Å². The number of fused-ring (bicyclic) bond motifs is 1. The molecule has 0 spiro atoms. The average Bonchev–Trinajstić information content (AvgIpc) is 2.91. The van der Waals surface area contributed by atoms with Crippen LogP contribution in [-0.4, -0.2) is 30.3 Å². The first kappa shape index (κ1) is 16.2. The van der Waals surface area contributed by atoms with Crippen molar-refractivity contribution in [3.63, 3.8) is 0 Å². The van der Waals surface area contributed by atoms with Gasteiger partial charge in [0.2, 0.25) is 0 Å². The summed E-state index contributed by atoms with van der Waals surface area (Å²) in [5, 5.41) is 3.38. The number of halogens is 4. The van der Waals surface area contributed by atoms with Crippen molar-refractivity contribution in [3.8, 4) is 11.4 Å². The van der Waals surface area contributed by atoms with Crippen molar-refractivity contribution < 1.29 is 13.2 Å². The Morgan fingerprint density at radius 1 is 1.30 bits per heavy atom. The molecule has 3 aromatic heterocycles. The van der Waals surface area contributed by atoms with Gasteiger partial charge < -0.3 is 0 Å². The van der Waals surface area contributed by atoms with Gasteiger partial charge in [-0.3, -0.25) is 4.98 Å². The molecular weight excluding hydrogens is 395 g/mol. The zero-order valence-corrected chi connectivity index (χ0v) is 14.1. The lowest BCUT2D eigenvalue weighted by Crippen LogP contribution is -2.07. The van der Waals surface area contributed by atoms with Gasteiger partial charge in [0.15, 0.2) is 0 Å². The van der Waals surface area contributed by atoms with Crippen LogP contribution in [0.2, 0.25) is 0 Å². The highest BCUT2D eigenvalue weighted by molar-refractivity contribution is 9.10. The van der Waals surface area contributed by atoms with Crippen LogP contribution in [0.1, 0.15) is 12.7 Å². The van der Waals surface area contributed by atoms with E-state index in [1.54, 1.807) is 24.0 Å². The van der Waals surface area contributed by atoms with Crippen LogP contribution in [0.4, 0.5) is 13.2 Å². The van der Waals surface area contributed by atoms with E-state index in [0.717, 1.165) is 19.6 Å². The quantitative estimate of drug-likeness (QED) is 0.616. The molecule has 3 aromatic rings. The monoisotopic (exact) mass is 403 g/mol. The minimum Gasteiger partial charge on any atom is -0.252 e. The van der Waals surface area contributed by atoms with E-state index in [4.69, 9.17) is 0 Å². The Kier molecular flexibility index (Phi) is 4.28. The molecule has 0 atom stereocenters. The summed E-state index contributed by atoms with van der Waals surface area (Å²) in [6.45, 7) is 2.00. The third kappa shape index (κ3) is 3.32. The number of rotatable bonds is 3. The molecule has 0 unspecified atom stereocenters. The number of alkyl halides is 3. The maximum absolute atomic E-state index is 12.7. The third-order valence-electron chi connectivity index (χ3n) is 2.82. The molecule has 0 N–H and O–H groups in total. The number of nitrogens with zero attached hydrogens (tertiary/aromatic N) is 5. The molecule has 3 heterocycles. The summed E-state index contributed by atoms with van der Waals surface area (Å²) >= 11 is 4.93. The second kappa shape index (κ2) is 6.08. The molecule has 0 fully saturated rings. The van der Waals surface area contributed by atoms with Gasteiger partial charge in [-0.05, 0) is 33.8 Å². The SMILES string of the molecule is CCSc1cc(Br)cnc1-c1ccn2nc(C(F)(F)F)nc2n1. The van der Waals surface area contributed by atoms with Crippen LogP contribution >= 0.6 is 27.7 Å². The molecule has 0 bridgehead atoms. The van der Waals surface area contributed by atoms with E-state index in [1.807, 2.05) is 13.0 Å². The Balaban J connectivity index is 2.10. The third-order valence-corrected chi connectivity index (χ3v) is 4.17. The van der Waals surface area contributed by atoms with E-state index >= 15 is 0 Å². The molecule has 5 nitrogen and oxygen atoms in total. The van der Waals surface area contributed by atoms with E-state index in [0.29, 0.717) is 11.4 Å². The maximum atomic E-state index is 12.7. The molecule has 0 radical (unpaired) electrons. The van der Waals surface area contributed by atoms with Crippen molar-refractivity contribution in [1.29, 1.82) is 0 Å². The summed E-state index contributed by atoms with van der Waals surface area (Å²) in [4.78, 5) is 12.8. The van der Waals surface area contributed by atoms with Crippen LogP contribution in [0.5, 0.6) is 0 Å². The number of aromatic nitrogens is 5. The highest BCUT2D eigenvalue weighted by atomic mass is 79.9. The molecule has 120 valence electrons. The highest BCUT2D eigenvalue weighted by Crippen LogP contribution is 2.31. The smallest absolute Gasteiger partial charge is 0.252 e. The normalized spacial score (nSPS) is 12.0. The molecule has 0 saturated carbocycles. The predicted molar refractivity (Wildman–Crippen MR) is 83.1 cm³/mol. The summed E-state index contributed by atoms with van der Waals surface area (Å²) in [7, 11) is 0. The lowest BCUT2D eigenvalue weighted by atomic mass is 10.2. The van der Waals surface area contributed by atoms with Crippen LogP contribution in [0.15, 0.2) is 33.9 Å². The van der Waals surface area contributed by atoms with Crippen molar-refractivity contribution in [1.82, 2.24) is 24.6 Å². The van der Waals surface area contributed by atoms with Gasteiger partial charge in [-0.2, -0.15) is 18.2 Å². The fourth-order valence-corrected chi connectivity index (χ4v) is 3.21. The van der Waals surface area contributed by atoms with Crippen molar-refractivity contribution in [3.05, 3.63) is 34.8 Å². The first-order valence-electron chi connectivity index (χ1n) is 6.48. The van der Waals surface area contributed by atoms with Crippen molar-refractivity contribution >= 4 is 33.5 Å². The zero-order chi connectivity index (χ0) is 16.6. The van der Waals surface area contributed by atoms with Crippen molar-refractivity contribution in [2.24, 2.45) is 0 Å². The van der Waals surface area contributed by atoms with Gasteiger partial charge in [0.25, 0.3) is 11.6 Å². The molecule has 0 aliphatic rings. The molecule has 10 heteroatoms. The van der Waals surface area contributed by atoms with Gasteiger partial charge in [0.05, 0.1) is 5.69 Å². The van der Waals surface area contributed by atoms with E-state index in [-0.39, 0.29) is 5.78 Å². The molecule has 23 heavy (non-hydrogen) atoms. The molecule has 0 aliphatic heterocycles. The van der Waals surface area contributed by atoms with Gasteiger partial charge in [-0.15, -0.1) is 16.9 Å². The van der Waals surface area contributed by atoms with Gasteiger partial charge in [-0.25, -0.2) is 9.50 Å². The van der Waals surface area contributed by atoms with E-state index in [2.05, 4.69) is 36.0 Å². The fourth-order valence-electron chi connectivity index (χ4n) is 1.91. The van der Waals surface area contributed by atoms with Crippen LogP contribution in [0.3, 0.4) is 0 Å². The lowest BCUT2D eigenvalue weighted by Gasteiger charge is -2.07. The van der Waals surface area contributed by atoms with Gasteiger partial charge in [0, 0.05) is 21.8 Å². The lowest BCUT2D eigenvalue weighted by molar-refractivity contribution is -0.144. The van der Waals surface area contributed by atoms with E-state index < -0.39 is 12.0 Å². The van der Waals surface area contributed by atoms with Crippen LogP contribution in [0.25, 0.3) is 17.2 Å². The van der Waals surface area contributed by atoms with E-state index in [1.165, 1.54) is 6.20 Å². The van der Waals surface area contributed by atoms with Gasteiger partial charge in [-0.1, -0.05) is 6.92 Å². The Morgan fingerprint density at radius 2 is 2.09 bits per heavy atom. The number of hydrogen-bond acceptors (Lipinski definition) is 5. The van der Waals surface area contributed by atoms with Crippen molar-refractivity contribution in [2.75, 3.05) is 5.75 Å². The number of thioether (sulfide) groups is 1. The second-order valence-corrected chi connectivity index (χ2v) is 6.65. The Morgan fingerprint density at radius 3 is 2.78 bits per heavy atom. The van der Waals surface area contributed by atoms with Crippen LogP contribution in [-0.2, 0) is 6.18 Å². The topological polar surface area (TPSA) is 56.0 Å². The van der Waals surface area contributed by atoms with Crippen LogP contribution < -0.4 is 0 Å². The maximum Gasteiger partial charge on any atom is 0.453 e. The van der Waals surface area contributed by atoms with Crippen LogP contribution in [0, 0.1) is 0 Å². The minimum absolute atomic E-state index is 0.119. The molecule has 0 amide bonds. The summed E-state index contributed by atoms with van der Waals surface area (Å²) < 4.78 is 39.8. The fraction of sp³-hybridized carbons (Fsp3) is 0.231. The predicted octanol–water partition coefficient (Wildman–Crippen LogP) is 4.08. The number of pyridine rings is 1. The standard InChI is InChI=1S/C13H9BrF3N5S/c1-2-23-9-5-7(14)6-18-10(9)8-3-4-22-12(19-8)20-11(21-22)13(15,16)17/h3-6H,2H2,1H3. The second-order valence-electron chi connectivity index (χ2n) is 4.42. The molecular formula is C13H9BrF3N5S. The Labute approximate surface area is 141 Å². The molecule has 0 aromatic carbocycles. The summed E-state index contributed by atoms with van der Waals surface area (Å²) in [6, 6.07) is 3.46. The molecule has 0 aliphatic carbocycles. The average molecular weight is 404 g/mol. The van der Waals surface area contributed by atoms with Gasteiger partial charge >= 0.3 is 6.18 Å². The van der Waals surface area contributed by atoms with Gasteiger partial charge in [0.1, 0.15) is 5.69 Å². The zero-order valence-electron chi connectivity index (χ0n) is 11.7. The summed E-state index contributed by atoms with van der Waals surface area (Å²) in [6.07, 6.45) is -1.59. The largest absolute Gasteiger partial charge is 0.453 e.